The molecule has 0 spiro atoms. The zero-order valence-corrected chi connectivity index (χ0v) is 17.5. The summed E-state index contributed by atoms with van der Waals surface area (Å²) < 4.78 is 5.30. The number of piperazine rings is 1. The number of Topliss-reactive ketones (excluding diaryl/α,β-unsaturated/α-hetero) is 2. The lowest BCUT2D eigenvalue weighted by atomic mass is 9.74. The van der Waals surface area contributed by atoms with Crippen molar-refractivity contribution in [3.05, 3.63) is 47.7 Å². The van der Waals surface area contributed by atoms with Crippen LogP contribution in [0.3, 0.4) is 0 Å². The molecule has 30 heavy (non-hydrogen) atoms. The Labute approximate surface area is 176 Å². The van der Waals surface area contributed by atoms with Crippen LogP contribution in [-0.2, 0) is 30.3 Å². The van der Waals surface area contributed by atoms with Crippen molar-refractivity contribution in [1.29, 1.82) is 0 Å². The summed E-state index contributed by atoms with van der Waals surface area (Å²) in [5.41, 5.74) is 0.822. The number of hydrogen-bond donors (Lipinski definition) is 1. The smallest absolute Gasteiger partial charge is 0.308 e. The molecule has 1 aliphatic carbocycles. The Balaban J connectivity index is 1.63. The standard InChI is InChI=1S/C23H28N2O5/c1-23(2)13-19(26)17(20(27)14-23)15-25-10-9-24-22(29)18(25)12-21(28)30-11-8-16-6-4-3-5-7-16/h3-7,15,18H,8-14H2,1-2H3,(H,24,29). The summed E-state index contributed by atoms with van der Waals surface area (Å²) in [6, 6.07) is 8.87. The second-order valence-electron chi connectivity index (χ2n) is 8.61. The van der Waals surface area contributed by atoms with Gasteiger partial charge in [0.15, 0.2) is 11.6 Å². The average Bonchev–Trinajstić information content (AvgIpc) is 2.67. The van der Waals surface area contributed by atoms with Gasteiger partial charge in [0.25, 0.3) is 0 Å². The topological polar surface area (TPSA) is 92.8 Å². The van der Waals surface area contributed by atoms with Gasteiger partial charge < -0.3 is 15.0 Å². The van der Waals surface area contributed by atoms with Gasteiger partial charge in [0, 0.05) is 38.6 Å². The molecule has 1 saturated carbocycles. The first-order chi connectivity index (χ1) is 14.2. The molecule has 0 bridgehead atoms. The van der Waals surface area contributed by atoms with Crippen LogP contribution in [0.15, 0.2) is 42.1 Å². The lowest BCUT2D eigenvalue weighted by molar-refractivity contribution is -0.147. The number of allylic oxidation sites excluding steroid dienone is 1. The number of rotatable bonds is 6. The van der Waals surface area contributed by atoms with Gasteiger partial charge in [-0.05, 0) is 11.0 Å². The van der Waals surface area contributed by atoms with Crippen molar-refractivity contribution < 1.29 is 23.9 Å². The molecule has 1 amide bonds. The van der Waals surface area contributed by atoms with Gasteiger partial charge in [0.1, 0.15) is 6.04 Å². The zero-order valence-electron chi connectivity index (χ0n) is 17.5. The highest BCUT2D eigenvalue weighted by Crippen LogP contribution is 2.34. The lowest BCUT2D eigenvalue weighted by Gasteiger charge is -2.35. The number of ether oxygens (including phenoxy) is 1. The van der Waals surface area contributed by atoms with Crippen molar-refractivity contribution in [2.24, 2.45) is 5.41 Å². The Kier molecular flexibility index (Phi) is 6.70. The van der Waals surface area contributed by atoms with Crippen molar-refractivity contribution in [3.63, 3.8) is 0 Å². The maximum Gasteiger partial charge on any atom is 0.308 e. The molecule has 7 nitrogen and oxygen atoms in total. The number of nitrogens with zero attached hydrogens (tertiary/aromatic N) is 1. The minimum Gasteiger partial charge on any atom is -0.465 e. The highest BCUT2D eigenvalue weighted by molar-refractivity contribution is 6.22. The third kappa shape index (κ3) is 5.55. The van der Waals surface area contributed by atoms with Crippen molar-refractivity contribution in [2.75, 3.05) is 19.7 Å². The molecule has 2 aliphatic rings. The van der Waals surface area contributed by atoms with Crippen LogP contribution in [0.5, 0.6) is 0 Å². The number of carbonyl (C=O) groups is 4. The van der Waals surface area contributed by atoms with Crippen LogP contribution in [-0.4, -0.2) is 54.1 Å². The van der Waals surface area contributed by atoms with E-state index in [1.165, 1.54) is 6.20 Å². The van der Waals surface area contributed by atoms with Gasteiger partial charge in [-0.1, -0.05) is 44.2 Å². The average molecular weight is 412 g/mol. The number of esters is 1. The minimum absolute atomic E-state index is 0.117. The molecule has 160 valence electrons. The summed E-state index contributed by atoms with van der Waals surface area (Å²) in [6.45, 7) is 4.81. The van der Waals surface area contributed by atoms with Gasteiger partial charge in [0.2, 0.25) is 5.91 Å². The summed E-state index contributed by atoms with van der Waals surface area (Å²) in [7, 11) is 0. The van der Waals surface area contributed by atoms with Crippen LogP contribution in [0.25, 0.3) is 0 Å². The van der Waals surface area contributed by atoms with Crippen LogP contribution >= 0.6 is 0 Å². The second kappa shape index (κ2) is 9.24. The SMILES string of the molecule is CC1(C)CC(=O)C(=CN2CCNC(=O)C2CC(=O)OCCc2ccccc2)C(=O)C1. The third-order valence-electron chi connectivity index (χ3n) is 5.40. The Hall–Kier alpha value is -2.96. The Morgan fingerprint density at radius 2 is 1.83 bits per heavy atom. The molecule has 1 saturated heterocycles. The van der Waals surface area contributed by atoms with Gasteiger partial charge in [-0.3, -0.25) is 19.2 Å². The minimum atomic E-state index is -0.800. The molecule has 1 aromatic rings. The Morgan fingerprint density at radius 1 is 1.17 bits per heavy atom. The molecule has 1 aliphatic heterocycles. The molecule has 0 radical (unpaired) electrons. The van der Waals surface area contributed by atoms with Crippen molar-refractivity contribution in [3.8, 4) is 0 Å². The number of carbonyl (C=O) groups excluding carboxylic acids is 4. The van der Waals surface area contributed by atoms with Gasteiger partial charge >= 0.3 is 5.97 Å². The molecule has 1 aromatic carbocycles. The van der Waals surface area contributed by atoms with Crippen molar-refractivity contribution in [1.82, 2.24) is 10.2 Å². The van der Waals surface area contributed by atoms with Gasteiger partial charge in [-0.15, -0.1) is 0 Å². The monoisotopic (exact) mass is 412 g/mol. The third-order valence-corrected chi connectivity index (χ3v) is 5.40. The van der Waals surface area contributed by atoms with Crippen molar-refractivity contribution >= 4 is 23.4 Å². The summed E-state index contributed by atoms with van der Waals surface area (Å²) in [6.07, 6.45) is 2.50. The Morgan fingerprint density at radius 3 is 2.50 bits per heavy atom. The predicted molar refractivity (Wildman–Crippen MR) is 110 cm³/mol. The first-order valence-electron chi connectivity index (χ1n) is 10.3. The molecule has 3 rings (SSSR count). The second-order valence-corrected chi connectivity index (χ2v) is 8.61. The zero-order chi connectivity index (χ0) is 21.7. The van der Waals surface area contributed by atoms with E-state index in [4.69, 9.17) is 4.74 Å². The molecule has 1 unspecified atom stereocenters. The maximum absolute atomic E-state index is 12.5. The van der Waals surface area contributed by atoms with E-state index in [-0.39, 0.29) is 54.3 Å². The van der Waals surface area contributed by atoms with Crippen molar-refractivity contribution in [2.45, 2.75) is 45.6 Å². The van der Waals surface area contributed by atoms with E-state index >= 15 is 0 Å². The highest BCUT2D eigenvalue weighted by Gasteiger charge is 2.37. The summed E-state index contributed by atoms with van der Waals surface area (Å²) in [5.74, 6) is -1.23. The van der Waals surface area contributed by atoms with Crippen LogP contribution in [0.4, 0.5) is 0 Å². The number of hydrogen-bond acceptors (Lipinski definition) is 6. The van der Waals surface area contributed by atoms with Crippen LogP contribution in [0.1, 0.15) is 38.7 Å². The molecular formula is C23H28N2O5. The van der Waals surface area contributed by atoms with Crippen LogP contribution in [0.2, 0.25) is 0 Å². The highest BCUT2D eigenvalue weighted by atomic mass is 16.5. The summed E-state index contributed by atoms with van der Waals surface area (Å²) in [4.78, 5) is 51.3. The molecular weight excluding hydrogens is 384 g/mol. The summed E-state index contributed by atoms with van der Waals surface area (Å²) in [5, 5.41) is 2.73. The van der Waals surface area contributed by atoms with E-state index in [2.05, 4.69) is 5.32 Å². The first kappa shape index (κ1) is 21.7. The van der Waals surface area contributed by atoms with E-state index in [9.17, 15) is 19.2 Å². The van der Waals surface area contributed by atoms with Gasteiger partial charge in [-0.25, -0.2) is 0 Å². The molecule has 0 aromatic heterocycles. The van der Waals surface area contributed by atoms with E-state index in [0.717, 1.165) is 5.56 Å². The fourth-order valence-electron chi connectivity index (χ4n) is 3.83. The summed E-state index contributed by atoms with van der Waals surface area (Å²) >= 11 is 0. The largest absolute Gasteiger partial charge is 0.465 e. The predicted octanol–water partition coefficient (Wildman–Crippen LogP) is 1.80. The normalized spacial score (nSPS) is 21.3. The first-order valence-corrected chi connectivity index (χ1v) is 10.3. The number of amides is 1. The number of ketones is 2. The van der Waals surface area contributed by atoms with E-state index < -0.39 is 12.0 Å². The molecule has 1 atom stereocenters. The Bertz CT molecular complexity index is 838. The van der Waals surface area contributed by atoms with E-state index in [0.29, 0.717) is 19.5 Å². The fourth-order valence-corrected chi connectivity index (χ4v) is 3.83. The maximum atomic E-state index is 12.5. The lowest BCUT2D eigenvalue weighted by Crippen LogP contribution is -2.54. The van der Waals surface area contributed by atoms with Crippen LogP contribution in [0, 0.1) is 5.41 Å². The van der Waals surface area contributed by atoms with Gasteiger partial charge in [0.05, 0.1) is 18.6 Å². The van der Waals surface area contributed by atoms with E-state index in [1.807, 2.05) is 44.2 Å². The number of benzene rings is 1. The quantitative estimate of drug-likeness (QED) is 0.435. The van der Waals surface area contributed by atoms with E-state index in [1.54, 1.807) is 4.90 Å². The molecule has 2 fully saturated rings. The molecule has 7 heteroatoms. The molecule has 1 N–H and O–H groups in total. The fraction of sp³-hybridized carbons (Fsp3) is 0.478. The molecule has 1 heterocycles. The number of nitrogens with one attached hydrogen (secondary N) is 1. The van der Waals surface area contributed by atoms with Crippen LogP contribution < -0.4 is 5.32 Å². The van der Waals surface area contributed by atoms with Gasteiger partial charge in [-0.2, -0.15) is 0 Å².